The number of aryl methyl sites for hydroxylation is 1. The quantitative estimate of drug-likeness (QED) is 0.468. The number of halogens is 1. The van der Waals surface area contributed by atoms with Gasteiger partial charge in [0.2, 0.25) is 0 Å². The van der Waals surface area contributed by atoms with Crippen molar-refractivity contribution in [2.24, 2.45) is 0 Å². The Morgan fingerprint density at radius 2 is 1.65 bits per heavy atom. The first-order valence-electron chi connectivity index (χ1n) is 11.3. The summed E-state index contributed by atoms with van der Waals surface area (Å²) in [4.78, 5) is 34.7. The summed E-state index contributed by atoms with van der Waals surface area (Å²) in [7, 11) is 0. The Morgan fingerprint density at radius 1 is 0.941 bits per heavy atom. The van der Waals surface area contributed by atoms with Gasteiger partial charge in [0.1, 0.15) is 5.82 Å². The van der Waals surface area contributed by atoms with E-state index in [1.165, 1.54) is 6.07 Å². The van der Waals surface area contributed by atoms with Crippen molar-refractivity contribution in [2.75, 3.05) is 31.1 Å². The molecular weight excluding hydrogens is 431 g/mol. The van der Waals surface area contributed by atoms with Gasteiger partial charge in [-0.25, -0.2) is 9.37 Å². The van der Waals surface area contributed by atoms with Crippen molar-refractivity contribution >= 4 is 22.8 Å². The molecule has 0 N–H and O–H groups in total. The van der Waals surface area contributed by atoms with Crippen molar-refractivity contribution in [3.63, 3.8) is 0 Å². The maximum Gasteiger partial charge on any atom is 0.294 e. The summed E-state index contributed by atoms with van der Waals surface area (Å²) in [5.41, 5.74) is 3.27. The van der Waals surface area contributed by atoms with Crippen LogP contribution in [0.5, 0.6) is 0 Å². The molecule has 0 saturated carbocycles. The van der Waals surface area contributed by atoms with Crippen LogP contribution in [0.15, 0.2) is 77.6 Å². The van der Waals surface area contributed by atoms with Gasteiger partial charge in [-0.05, 0) is 42.3 Å². The van der Waals surface area contributed by atoms with Crippen LogP contribution in [-0.2, 0) is 6.54 Å². The smallest absolute Gasteiger partial charge is 0.294 e. The van der Waals surface area contributed by atoms with Gasteiger partial charge in [0.05, 0.1) is 17.6 Å². The first-order valence-corrected chi connectivity index (χ1v) is 11.3. The fourth-order valence-corrected chi connectivity index (χ4v) is 4.34. The molecule has 7 heteroatoms. The summed E-state index contributed by atoms with van der Waals surface area (Å²) in [5, 5.41) is 0. The number of carbonyl (C=O) groups is 1. The van der Waals surface area contributed by atoms with Crippen LogP contribution in [-0.4, -0.2) is 46.5 Å². The molecule has 34 heavy (non-hydrogen) atoms. The summed E-state index contributed by atoms with van der Waals surface area (Å²) >= 11 is 0. The number of para-hydroxylation sites is 2. The number of benzene rings is 3. The summed E-state index contributed by atoms with van der Waals surface area (Å²) in [6, 6.07) is 22.1. The van der Waals surface area contributed by atoms with E-state index < -0.39 is 0 Å². The van der Waals surface area contributed by atoms with Gasteiger partial charge < -0.3 is 9.80 Å². The molecular formula is C27H25FN4O2. The molecule has 5 rings (SSSR count). The van der Waals surface area contributed by atoms with Crippen LogP contribution in [0.4, 0.5) is 10.2 Å². The van der Waals surface area contributed by atoms with E-state index in [-0.39, 0.29) is 17.3 Å². The van der Waals surface area contributed by atoms with E-state index in [1.54, 1.807) is 28.5 Å². The maximum atomic E-state index is 13.9. The van der Waals surface area contributed by atoms with Crippen LogP contribution in [0.2, 0.25) is 0 Å². The van der Waals surface area contributed by atoms with E-state index >= 15 is 0 Å². The van der Waals surface area contributed by atoms with E-state index in [0.29, 0.717) is 49.7 Å². The van der Waals surface area contributed by atoms with Gasteiger partial charge in [-0.2, -0.15) is 0 Å². The van der Waals surface area contributed by atoms with Gasteiger partial charge in [0, 0.05) is 31.7 Å². The summed E-state index contributed by atoms with van der Waals surface area (Å²) < 4.78 is 15.7. The van der Waals surface area contributed by atoms with Gasteiger partial charge in [-0.3, -0.25) is 14.2 Å². The molecule has 0 unspecified atom stereocenters. The predicted octanol–water partition coefficient (Wildman–Crippen LogP) is 3.85. The lowest BCUT2D eigenvalue weighted by atomic mass is 10.1. The lowest BCUT2D eigenvalue weighted by Crippen LogP contribution is -2.50. The SMILES string of the molecule is Cc1ccc(C(=O)N2CCN(c3nc4ccccc4n(Cc4ccccc4)c3=O)CC2)cc1F. The van der Waals surface area contributed by atoms with Crippen molar-refractivity contribution in [1.29, 1.82) is 0 Å². The number of rotatable bonds is 4. The monoisotopic (exact) mass is 456 g/mol. The number of piperazine rings is 1. The Bertz CT molecular complexity index is 1410. The minimum Gasteiger partial charge on any atom is -0.348 e. The topological polar surface area (TPSA) is 58.4 Å². The van der Waals surface area contributed by atoms with Crippen molar-refractivity contribution in [1.82, 2.24) is 14.5 Å². The van der Waals surface area contributed by atoms with Crippen molar-refractivity contribution < 1.29 is 9.18 Å². The van der Waals surface area contributed by atoms with Crippen LogP contribution in [0.3, 0.4) is 0 Å². The Morgan fingerprint density at radius 3 is 2.38 bits per heavy atom. The molecule has 1 aliphatic heterocycles. The highest BCUT2D eigenvalue weighted by molar-refractivity contribution is 5.94. The highest BCUT2D eigenvalue weighted by atomic mass is 19.1. The second-order valence-electron chi connectivity index (χ2n) is 8.54. The second-order valence-corrected chi connectivity index (χ2v) is 8.54. The zero-order valence-corrected chi connectivity index (χ0v) is 18.9. The highest BCUT2D eigenvalue weighted by Gasteiger charge is 2.26. The molecule has 1 aliphatic rings. The third-order valence-electron chi connectivity index (χ3n) is 6.30. The first-order chi connectivity index (χ1) is 16.5. The standard InChI is InChI=1S/C27H25FN4O2/c1-19-11-12-21(17-22(19)28)26(33)31-15-13-30(14-16-31)25-27(34)32(18-20-7-3-2-4-8-20)24-10-6-5-9-23(24)29-25/h2-12,17H,13-16,18H2,1H3. The van der Waals surface area contributed by atoms with Crippen molar-refractivity contribution in [3.8, 4) is 0 Å². The third-order valence-corrected chi connectivity index (χ3v) is 6.30. The molecule has 1 fully saturated rings. The van der Waals surface area contributed by atoms with Gasteiger partial charge in [-0.1, -0.05) is 48.5 Å². The predicted molar refractivity (Wildman–Crippen MR) is 131 cm³/mol. The Kier molecular flexibility index (Phi) is 5.84. The zero-order chi connectivity index (χ0) is 23.7. The lowest BCUT2D eigenvalue weighted by Gasteiger charge is -2.35. The number of carbonyl (C=O) groups excluding carboxylic acids is 1. The fraction of sp³-hybridized carbons (Fsp3) is 0.222. The molecule has 0 radical (unpaired) electrons. The number of nitrogens with zero attached hydrogens (tertiary/aromatic N) is 4. The van der Waals surface area contributed by atoms with Crippen molar-refractivity contribution in [3.05, 3.63) is 106 Å². The Balaban J connectivity index is 1.41. The molecule has 172 valence electrons. The summed E-state index contributed by atoms with van der Waals surface area (Å²) in [6.45, 7) is 3.94. The number of aromatic nitrogens is 2. The van der Waals surface area contributed by atoms with Gasteiger partial charge in [0.25, 0.3) is 11.5 Å². The maximum absolute atomic E-state index is 13.9. The van der Waals surface area contributed by atoms with E-state index in [0.717, 1.165) is 16.6 Å². The normalized spacial score (nSPS) is 13.9. The van der Waals surface area contributed by atoms with Gasteiger partial charge >= 0.3 is 0 Å². The largest absolute Gasteiger partial charge is 0.348 e. The van der Waals surface area contributed by atoms with Crippen LogP contribution in [0.1, 0.15) is 21.5 Å². The van der Waals surface area contributed by atoms with E-state index in [2.05, 4.69) is 4.98 Å². The van der Waals surface area contributed by atoms with Crippen LogP contribution >= 0.6 is 0 Å². The summed E-state index contributed by atoms with van der Waals surface area (Å²) in [5.74, 6) is -0.196. The molecule has 6 nitrogen and oxygen atoms in total. The number of fused-ring (bicyclic) bond motifs is 1. The number of anilines is 1. The van der Waals surface area contributed by atoms with Crippen molar-refractivity contribution in [2.45, 2.75) is 13.5 Å². The minimum atomic E-state index is -0.385. The fourth-order valence-electron chi connectivity index (χ4n) is 4.34. The highest BCUT2D eigenvalue weighted by Crippen LogP contribution is 2.19. The van der Waals surface area contributed by atoms with Gasteiger partial charge in [0.15, 0.2) is 5.82 Å². The summed E-state index contributed by atoms with van der Waals surface area (Å²) in [6.07, 6.45) is 0. The Hall–Kier alpha value is -4.00. The molecule has 0 atom stereocenters. The van der Waals surface area contributed by atoms with Gasteiger partial charge in [-0.15, -0.1) is 0 Å². The first kappa shape index (κ1) is 21.8. The number of amides is 1. The van der Waals surface area contributed by atoms with E-state index in [9.17, 15) is 14.0 Å². The lowest BCUT2D eigenvalue weighted by molar-refractivity contribution is 0.0746. The molecule has 1 amide bonds. The molecule has 1 aromatic heterocycles. The molecule has 0 aliphatic carbocycles. The van der Waals surface area contributed by atoms with Crippen LogP contribution in [0.25, 0.3) is 11.0 Å². The average molecular weight is 457 g/mol. The third kappa shape index (κ3) is 4.17. The van der Waals surface area contributed by atoms with E-state index in [4.69, 9.17) is 0 Å². The molecule has 2 heterocycles. The minimum absolute atomic E-state index is 0.150. The zero-order valence-electron chi connectivity index (χ0n) is 18.9. The molecule has 1 saturated heterocycles. The second kappa shape index (κ2) is 9.09. The molecule has 0 spiro atoms. The molecule has 0 bridgehead atoms. The van der Waals surface area contributed by atoms with E-state index in [1.807, 2.05) is 59.5 Å². The molecule has 3 aromatic carbocycles. The number of hydrogen-bond acceptors (Lipinski definition) is 4. The van der Waals surface area contributed by atoms with Crippen LogP contribution in [0, 0.1) is 12.7 Å². The van der Waals surface area contributed by atoms with Crippen LogP contribution < -0.4 is 10.5 Å². The average Bonchev–Trinajstić information content (AvgIpc) is 2.87. The Labute approximate surface area is 196 Å². The molecule has 4 aromatic rings. The number of hydrogen-bond donors (Lipinski definition) is 0.